The van der Waals surface area contributed by atoms with Crippen LogP contribution >= 0.6 is 0 Å². The lowest BCUT2D eigenvalue weighted by Crippen LogP contribution is -2.12. The first-order valence-electron chi connectivity index (χ1n) is 6.42. The van der Waals surface area contributed by atoms with Gasteiger partial charge in [0.1, 0.15) is 5.52 Å². The molecule has 0 aliphatic carbocycles. The smallest absolute Gasteiger partial charge is 0.348 e. The van der Waals surface area contributed by atoms with E-state index in [0.29, 0.717) is 28.5 Å². The minimum atomic E-state index is -0.500. The lowest BCUT2D eigenvalue weighted by atomic mass is 10.2. The second-order valence-electron chi connectivity index (χ2n) is 4.50. The van der Waals surface area contributed by atoms with Crippen molar-refractivity contribution in [2.75, 3.05) is 12.2 Å². The molecule has 0 radical (unpaired) electrons. The Morgan fingerprint density at radius 1 is 1.32 bits per heavy atom. The maximum absolute atomic E-state index is 11.4. The molecule has 22 heavy (non-hydrogen) atoms. The largest absolute Gasteiger partial charge is 0.454 e. The van der Waals surface area contributed by atoms with Crippen LogP contribution in [0.25, 0.3) is 11.2 Å². The van der Waals surface area contributed by atoms with E-state index in [-0.39, 0.29) is 6.79 Å². The molecule has 3 aromatic rings. The van der Waals surface area contributed by atoms with E-state index in [1.165, 1.54) is 6.33 Å². The van der Waals surface area contributed by atoms with Gasteiger partial charge in [-0.15, -0.1) is 0 Å². The number of rotatable bonds is 3. The summed E-state index contributed by atoms with van der Waals surface area (Å²) in [5.74, 6) is 1.78. The Bertz CT molecular complexity index is 929. The van der Waals surface area contributed by atoms with E-state index in [0.717, 1.165) is 5.56 Å². The highest BCUT2D eigenvalue weighted by molar-refractivity contribution is 5.84. The van der Waals surface area contributed by atoms with Crippen molar-refractivity contribution in [3.63, 3.8) is 0 Å². The maximum atomic E-state index is 11.4. The van der Waals surface area contributed by atoms with Gasteiger partial charge in [0.05, 0.1) is 12.5 Å². The van der Waals surface area contributed by atoms with Crippen molar-refractivity contribution < 1.29 is 9.47 Å². The highest BCUT2D eigenvalue weighted by Gasteiger charge is 2.12. The summed E-state index contributed by atoms with van der Waals surface area (Å²) in [6, 6.07) is 5.47. The number of aromatic amines is 2. The summed E-state index contributed by atoms with van der Waals surface area (Å²) < 4.78 is 10.5. The molecule has 3 heterocycles. The van der Waals surface area contributed by atoms with E-state index in [1.54, 1.807) is 6.21 Å². The summed E-state index contributed by atoms with van der Waals surface area (Å²) in [7, 11) is 0. The molecule has 0 spiro atoms. The molecule has 2 aromatic heterocycles. The number of nitrogens with zero attached hydrogens (tertiary/aromatic N) is 3. The topological polar surface area (TPSA) is 117 Å². The van der Waals surface area contributed by atoms with Crippen LogP contribution in [0.5, 0.6) is 11.5 Å². The molecule has 1 aliphatic heterocycles. The number of hydrogen-bond acceptors (Lipinski definition) is 7. The molecular weight excluding hydrogens is 288 g/mol. The van der Waals surface area contributed by atoms with Gasteiger partial charge in [-0.1, -0.05) is 0 Å². The summed E-state index contributed by atoms with van der Waals surface area (Å²) in [4.78, 5) is 24.5. The fraction of sp³-hybridized carbons (Fsp3) is 0.0769. The summed E-state index contributed by atoms with van der Waals surface area (Å²) >= 11 is 0. The van der Waals surface area contributed by atoms with E-state index >= 15 is 0 Å². The third kappa shape index (κ3) is 2.14. The number of benzene rings is 1. The third-order valence-electron chi connectivity index (χ3n) is 3.10. The van der Waals surface area contributed by atoms with Crippen LogP contribution in [0.1, 0.15) is 5.56 Å². The Morgan fingerprint density at radius 3 is 3.18 bits per heavy atom. The number of anilines is 1. The number of imidazole rings is 1. The summed E-state index contributed by atoms with van der Waals surface area (Å²) in [6.45, 7) is 0.226. The van der Waals surface area contributed by atoms with Crippen molar-refractivity contribution in [2.24, 2.45) is 5.10 Å². The fourth-order valence-corrected chi connectivity index (χ4v) is 2.10. The van der Waals surface area contributed by atoms with Crippen LogP contribution in [0, 0.1) is 0 Å². The van der Waals surface area contributed by atoms with Gasteiger partial charge >= 0.3 is 5.69 Å². The zero-order valence-corrected chi connectivity index (χ0v) is 11.2. The minimum absolute atomic E-state index is 0.226. The van der Waals surface area contributed by atoms with Gasteiger partial charge in [0.2, 0.25) is 6.79 Å². The van der Waals surface area contributed by atoms with Gasteiger partial charge < -0.3 is 14.5 Å². The highest BCUT2D eigenvalue weighted by atomic mass is 16.7. The van der Waals surface area contributed by atoms with E-state index < -0.39 is 5.69 Å². The Balaban J connectivity index is 1.58. The van der Waals surface area contributed by atoms with E-state index in [2.05, 4.69) is 30.5 Å². The van der Waals surface area contributed by atoms with Gasteiger partial charge in [0.25, 0.3) is 0 Å². The molecule has 9 nitrogen and oxygen atoms in total. The van der Waals surface area contributed by atoms with Crippen molar-refractivity contribution in [3.05, 3.63) is 40.6 Å². The van der Waals surface area contributed by atoms with E-state index in [9.17, 15) is 4.79 Å². The lowest BCUT2D eigenvalue weighted by Gasteiger charge is -2.01. The standard InChI is InChI=1S/C13H10N6O3/c20-13-17-11-10(14-5-15-11)12(18-13)19-16-4-7-1-2-8-9(3-7)22-6-21-8/h1-5H,6H2,(H3,14,15,17,18,19,20)/b16-4+. The van der Waals surface area contributed by atoms with Gasteiger partial charge in [-0.25, -0.2) is 9.78 Å². The van der Waals surface area contributed by atoms with Crippen LogP contribution in [-0.4, -0.2) is 32.9 Å². The highest BCUT2D eigenvalue weighted by Crippen LogP contribution is 2.31. The zero-order chi connectivity index (χ0) is 14.9. The predicted molar refractivity (Wildman–Crippen MR) is 78.3 cm³/mol. The number of hydrogen-bond donors (Lipinski definition) is 3. The molecule has 3 N–H and O–H groups in total. The number of ether oxygens (including phenoxy) is 2. The minimum Gasteiger partial charge on any atom is -0.454 e. The zero-order valence-electron chi connectivity index (χ0n) is 11.2. The molecule has 0 fully saturated rings. The second kappa shape index (κ2) is 4.88. The Hall–Kier alpha value is -3.36. The molecule has 1 aliphatic rings. The van der Waals surface area contributed by atoms with Crippen LogP contribution in [0.4, 0.5) is 5.82 Å². The Kier molecular flexibility index (Phi) is 2.75. The van der Waals surface area contributed by atoms with Gasteiger partial charge in [-0.05, 0) is 23.8 Å². The molecule has 110 valence electrons. The Labute approximate surface area is 123 Å². The van der Waals surface area contributed by atoms with Crippen molar-refractivity contribution >= 4 is 23.2 Å². The molecule has 0 atom stereocenters. The van der Waals surface area contributed by atoms with Crippen LogP contribution in [-0.2, 0) is 0 Å². The first-order chi connectivity index (χ1) is 10.8. The molecule has 0 bridgehead atoms. The monoisotopic (exact) mass is 298 g/mol. The van der Waals surface area contributed by atoms with Crippen LogP contribution in [0.15, 0.2) is 34.4 Å². The second-order valence-corrected chi connectivity index (χ2v) is 4.50. The predicted octanol–water partition coefficient (Wildman–Crippen LogP) is 0.821. The average molecular weight is 298 g/mol. The fourth-order valence-electron chi connectivity index (χ4n) is 2.10. The van der Waals surface area contributed by atoms with Gasteiger partial charge in [-0.3, -0.25) is 10.4 Å². The molecular formula is C13H10N6O3. The third-order valence-corrected chi connectivity index (χ3v) is 3.10. The summed E-state index contributed by atoms with van der Waals surface area (Å²) in [5.41, 5.74) is 3.98. The van der Waals surface area contributed by atoms with Crippen molar-refractivity contribution in [3.8, 4) is 11.5 Å². The van der Waals surface area contributed by atoms with Gasteiger partial charge in [-0.2, -0.15) is 10.1 Å². The normalized spacial score (nSPS) is 13.1. The average Bonchev–Trinajstić information content (AvgIpc) is 3.14. The van der Waals surface area contributed by atoms with Crippen molar-refractivity contribution in [1.29, 1.82) is 0 Å². The number of nitrogens with one attached hydrogen (secondary N) is 3. The molecule has 1 aromatic carbocycles. The van der Waals surface area contributed by atoms with Crippen LogP contribution in [0.2, 0.25) is 0 Å². The first kappa shape index (κ1) is 12.4. The first-order valence-corrected chi connectivity index (χ1v) is 6.42. The van der Waals surface area contributed by atoms with Gasteiger partial charge in [0, 0.05) is 0 Å². The summed E-state index contributed by atoms with van der Waals surface area (Å²) in [6.07, 6.45) is 3.06. The molecule has 4 rings (SSSR count). The Morgan fingerprint density at radius 2 is 2.23 bits per heavy atom. The SMILES string of the molecule is O=c1nc2nc[nH]c2c(N/N=C/c2ccc3c(c2)OCO3)[nH]1. The van der Waals surface area contributed by atoms with Gasteiger partial charge in [0.15, 0.2) is 23.0 Å². The van der Waals surface area contributed by atoms with Crippen LogP contribution < -0.4 is 20.6 Å². The number of aromatic nitrogens is 4. The summed E-state index contributed by atoms with van der Waals surface area (Å²) in [5, 5.41) is 4.09. The molecule has 0 saturated carbocycles. The number of hydrazone groups is 1. The lowest BCUT2D eigenvalue weighted by molar-refractivity contribution is 0.174. The molecule has 0 unspecified atom stereocenters. The van der Waals surface area contributed by atoms with Crippen molar-refractivity contribution in [2.45, 2.75) is 0 Å². The van der Waals surface area contributed by atoms with Crippen LogP contribution in [0.3, 0.4) is 0 Å². The number of H-pyrrole nitrogens is 2. The number of fused-ring (bicyclic) bond motifs is 2. The quantitative estimate of drug-likeness (QED) is 0.487. The van der Waals surface area contributed by atoms with Crippen molar-refractivity contribution in [1.82, 2.24) is 19.9 Å². The molecule has 0 saturated heterocycles. The maximum Gasteiger partial charge on any atom is 0.348 e. The molecule has 0 amide bonds. The van der Waals surface area contributed by atoms with E-state index in [4.69, 9.17) is 9.47 Å². The van der Waals surface area contributed by atoms with E-state index in [1.807, 2.05) is 18.2 Å². The molecule has 9 heteroatoms.